The highest BCUT2D eigenvalue weighted by Gasteiger charge is 2.27. The molecule has 47 heavy (non-hydrogen) atoms. The van der Waals surface area contributed by atoms with Crippen LogP contribution in [0, 0.1) is 11.7 Å². The molecule has 0 aliphatic heterocycles. The molecule has 0 fully saturated rings. The molecule has 4 aromatic rings. The van der Waals surface area contributed by atoms with E-state index in [9.17, 15) is 14.0 Å². The third-order valence-electron chi connectivity index (χ3n) is 8.81. The number of aryl methyl sites for hydroxylation is 1. The number of hydrogen-bond acceptors (Lipinski definition) is 5. The van der Waals surface area contributed by atoms with Crippen LogP contribution in [0.4, 0.5) is 4.39 Å². The fourth-order valence-electron chi connectivity index (χ4n) is 6.02. The van der Waals surface area contributed by atoms with Crippen molar-refractivity contribution in [2.75, 3.05) is 6.61 Å². The van der Waals surface area contributed by atoms with E-state index in [2.05, 4.69) is 19.1 Å². The first-order valence-corrected chi connectivity index (χ1v) is 17.1. The molecule has 0 amide bonds. The normalized spacial score (nSPS) is 13.9. The predicted molar refractivity (Wildman–Crippen MR) is 183 cm³/mol. The number of ether oxygens (including phenoxy) is 3. The van der Waals surface area contributed by atoms with Crippen molar-refractivity contribution in [2.45, 2.75) is 84.2 Å². The number of unbranched alkanes of at least 4 members (excludes halogenated alkanes) is 7. The monoisotopic (exact) mass is 636 g/mol. The Balaban J connectivity index is 1.07. The van der Waals surface area contributed by atoms with Gasteiger partial charge in [0.2, 0.25) is 0 Å². The van der Waals surface area contributed by atoms with Gasteiger partial charge < -0.3 is 14.2 Å². The van der Waals surface area contributed by atoms with Gasteiger partial charge >= 0.3 is 11.9 Å². The minimum absolute atomic E-state index is 0.0732. The van der Waals surface area contributed by atoms with Crippen LogP contribution in [0.5, 0.6) is 11.5 Å². The summed E-state index contributed by atoms with van der Waals surface area (Å²) in [6, 6.07) is 26.9. The van der Waals surface area contributed by atoms with E-state index >= 15 is 0 Å². The Morgan fingerprint density at radius 2 is 1.45 bits per heavy atom. The van der Waals surface area contributed by atoms with Gasteiger partial charge in [0.25, 0.3) is 0 Å². The smallest absolute Gasteiger partial charge is 0.341 e. The molecule has 1 atom stereocenters. The molecule has 0 spiro atoms. The Bertz CT molecular complexity index is 1600. The van der Waals surface area contributed by atoms with Crippen molar-refractivity contribution < 1.29 is 28.2 Å². The maximum atomic E-state index is 14.9. The molecule has 0 aromatic heterocycles. The van der Waals surface area contributed by atoms with Crippen molar-refractivity contribution in [2.24, 2.45) is 5.92 Å². The molecule has 5 rings (SSSR count). The minimum Gasteiger partial charge on any atom is -0.494 e. The third kappa shape index (κ3) is 10.0. The van der Waals surface area contributed by atoms with Gasteiger partial charge in [0, 0.05) is 0 Å². The number of benzene rings is 4. The van der Waals surface area contributed by atoms with Gasteiger partial charge in [-0.15, -0.1) is 0 Å². The number of carbonyl (C=O) groups is 2. The van der Waals surface area contributed by atoms with Crippen LogP contribution in [0.1, 0.15) is 91.8 Å². The van der Waals surface area contributed by atoms with Crippen LogP contribution in [0.15, 0.2) is 91.0 Å². The van der Waals surface area contributed by atoms with Crippen LogP contribution in [-0.2, 0) is 29.0 Å². The second kappa shape index (κ2) is 17.5. The summed E-state index contributed by atoms with van der Waals surface area (Å²) in [5, 5.41) is 0. The van der Waals surface area contributed by atoms with Gasteiger partial charge in [0.05, 0.1) is 18.1 Å². The topological polar surface area (TPSA) is 61.8 Å². The predicted octanol–water partition coefficient (Wildman–Crippen LogP) is 10.1. The highest BCUT2D eigenvalue weighted by molar-refractivity contribution is 5.90. The van der Waals surface area contributed by atoms with Crippen LogP contribution >= 0.6 is 0 Å². The van der Waals surface area contributed by atoms with Crippen molar-refractivity contribution in [3.05, 3.63) is 119 Å². The first-order valence-electron chi connectivity index (χ1n) is 17.1. The molecule has 0 N–H and O–H groups in total. The number of carbonyl (C=O) groups excluding carboxylic acids is 2. The molecule has 0 radical (unpaired) electrons. The Hall–Kier alpha value is -4.45. The molecular formula is C41H45FO5. The molecule has 1 unspecified atom stereocenters. The molecule has 6 heteroatoms. The third-order valence-corrected chi connectivity index (χ3v) is 8.81. The van der Waals surface area contributed by atoms with E-state index in [1.54, 1.807) is 30.3 Å². The van der Waals surface area contributed by atoms with E-state index in [4.69, 9.17) is 14.2 Å². The van der Waals surface area contributed by atoms with Crippen molar-refractivity contribution in [1.29, 1.82) is 0 Å². The van der Waals surface area contributed by atoms with E-state index in [1.807, 2.05) is 36.4 Å². The van der Waals surface area contributed by atoms with Crippen molar-refractivity contribution in [3.63, 3.8) is 0 Å². The van der Waals surface area contributed by atoms with Gasteiger partial charge in [-0.3, -0.25) is 4.79 Å². The quantitative estimate of drug-likeness (QED) is 0.0696. The lowest BCUT2D eigenvalue weighted by Gasteiger charge is -2.23. The van der Waals surface area contributed by atoms with E-state index in [1.165, 1.54) is 68.2 Å². The molecule has 1 aliphatic carbocycles. The number of esters is 2. The molecule has 246 valence electrons. The Morgan fingerprint density at radius 3 is 2.19 bits per heavy atom. The molecule has 5 nitrogen and oxygen atoms in total. The van der Waals surface area contributed by atoms with E-state index in [0.29, 0.717) is 17.7 Å². The van der Waals surface area contributed by atoms with Gasteiger partial charge in [-0.05, 0) is 89.9 Å². The summed E-state index contributed by atoms with van der Waals surface area (Å²) in [6.45, 7) is 3.06. The van der Waals surface area contributed by atoms with Crippen molar-refractivity contribution in [1.82, 2.24) is 0 Å². The van der Waals surface area contributed by atoms with Crippen LogP contribution < -0.4 is 9.47 Å². The van der Waals surface area contributed by atoms with Gasteiger partial charge in [-0.1, -0.05) is 106 Å². The summed E-state index contributed by atoms with van der Waals surface area (Å²) in [5.41, 5.74) is 4.46. The van der Waals surface area contributed by atoms with Crippen LogP contribution in [0.2, 0.25) is 0 Å². The van der Waals surface area contributed by atoms with E-state index in [-0.39, 0.29) is 24.1 Å². The maximum Gasteiger partial charge on any atom is 0.341 e. The molecule has 4 aromatic carbocycles. The van der Waals surface area contributed by atoms with Crippen molar-refractivity contribution >= 4 is 11.9 Å². The number of halogens is 1. The van der Waals surface area contributed by atoms with Crippen LogP contribution in [0.25, 0.3) is 11.1 Å². The van der Waals surface area contributed by atoms with Crippen LogP contribution in [-0.4, -0.2) is 18.5 Å². The zero-order valence-corrected chi connectivity index (χ0v) is 27.3. The summed E-state index contributed by atoms with van der Waals surface area (Å²) in [6.07, 6.45) is 12.4. The Labute approximate surface area is 278 Å². The zero-order valence-electron chi connectivity index (χ0n) is 27.3. The lowest BCUT2D eigenvalue weighted by atomic mass is 9.84. The number of fused-ring (bicyclic) bond motifs is 1. The fourth-order valence-corrected chi connectivity index (χ4v) is 6.02. The van der Waals surface area contributed by atoms with Gasteiger partial charge in [0.1, 0.15) is 23.9 Å². The first kappa shape index (κ1) is 33.9. The SMILES string of the molecule is CCCCCCCCCCOc1ccc2c(c1)CCC(C(=O)Oc1ccc(-c3ccc(C(=O)OCc4ccccc4)c(F)c3)cc1)C2. The summed E-state index contributed by atoms with van der Waals surface area (Å²) >= 11 is 0. The number of rotatable bonds is 16. The molecule has 0 saturated heterocycles. The molecule has 0 bridgehead atoms. The zero-order chi connectivity index (χ0) is 32.8. The Morgan fingerprint density at radius 1 is 0.745 bits per heavy atom. The summed E-state index contributed by atoms with van der Waals surface area (Å²) in [4.78, 5) is 25.5. The first-order chi connectivity index (χ1) is 23.0. The molecular weight excluding hydrogens is 591 g/mol. The fraction of sp³-hybridized carbons (Fsp3) is 0.366. The minimum atomic E-state index is -0.714. The highest BCUT2D eigenvalue weighted by Crippen LogP contribution is 2.31. The van der Waals surface area contributed by atoms with E-state index < -0.39 is 11.8 Å². The maximum absolute atomic E-state index is 14.9. The van der Waals surface area contributed by atoms with Crippen molar-refractivity contribution in [3.8, 4) is 22.6 Å². The second-order valence-electron chi connectivity index (χ2n) is 12.4. The largest absolute Gasteiger partial charge is 0.494 e. The lowest BCUT2D eigenvalue weighted by molar-refractivity contribution is -0.139. The Kier molecular flexibility index (Phi) is 12.6. The average Bonchev–Trinajstić information content (AvgIpc) is 3.10. The highest BCUT2D eigenvalue weighted by atomic mass is 19.1. The van der Waals surface area contributed by atoms with Gasteiger partial charge in [0.15, 0.2) is 0 Å². The van der Waals surface area contributed by atoms with E-state index in [0.717, 1.165) is 42.7 Å². The molecule has 0 saturated carbocycles. The van der Waals surface area contributed by atoms with Crippen LogP contribution in [0.3, 0.4) is 0 Å². The standard InChI is InChI=1S/C41H45FO5/c1-2-3-4-5-6-7-8-12-25-45-37-23-19-32-26-35(16-15-33(32)27-37)40(43)47-36-21-17-31(18-22-36)34-20-24-38(39(42)28-34)41(44)46-29-30-13-10-9-11-14-30/h9-11,13-14,17-24,27-28,35H,2-8,12,15-16,25-26,29H2,1H3. The summed E-state index contributed by atoms with van der Waals surface area (Å²) in [5.74, 6) is -0.484. The molecule has 0 heterocycles. The molecule has 1 aliphatic rings. The summed E-state index contributed by atoms with van der Waals surface area (Å²) in [7, 11) is 0. The van der Waals surface area contributed by atoms with Gasteiger partial charge in [-0.25, -0.2) is 9.18 Å². The second-order valence-corrected chi connectivity index (χ2v) is 12.4. The summed E-state index contributed by atoms with van der Waals surface area (Å²) < 4.78 is 31.9. The number of hydrogen-bond donors (Lipinski definition) is 0. The lowest BCUT2D eigenvalue weighted by Crippen LogP contribution is -2.26. The van der Waals surface area contributed by atoms with Gasteiger partial charge in [-0.2, -0.15) is 0 Å². The average molecular weight is 637 g/mol.